The first-order valence-electron chi connectivity index (χ1n) is 5.16. The van der Waals surface area contributed by atoms with Gasteiger partial charge in [-0.25, -0.2) is 0 Å². The van der Waals surface area contributed by atoms with Crippen LogP contribution in [0.5, 0.6) is 0 Å². The van der Waals surface area contributed by atoms with Crippen LogP contribution in [0.1, 0.15) is 20.3 Å². The van der Waals surface area contributed by atoms with E-state index in [1.807, 2.05) is 18.0 Å². The molecule has 1 saturated heterocycles. The van der Waals surface area contributed by atoms with Crippen LogP contribution >= 0.6 is 0 Å². The molecule has 0 radical (unpaired) electrons. The van der Waals surface area contributed by atoms with Gasteiger partial charge in [-0.3, -0.25) is 0 Å². The zero-order chi connectivity index (χ0) is 12.1. The van der Waals surface area contributed by atoms with Gasteiger partial charge in [0.15, 0.2) is 0 Å². The third-order valence-electron chi connectivity index (χ3n) is 3.45. The maximum Gasteiger partial charge on any atom is 0.217 e. The van der Waals surface area contributed by atoms with Crippen molar-refractivity contribution in [3.8, 4) is 0 Å². The van der Waals surface area contributed by atoms with Crippen molar-refractivity contribution in [2.45, 2.75) is 20.3 Å². The molecular weight excluding hydrogens is 222 g/mol. The lowest BCUT2D eigenvalue weighted by atomic mass is 9.82. The minimum Gasteiger partial charge on any atom is -0.348 e. The summed E-state index contributed by atoms with van der Waals surface area (Å²) in [6, 6.07) is 0. The molecule has 0 unspecified atom stereocenters. The number of likely N-dealkylation sites (tertiary alicyclic amines) is 1. The Balaban J connectivity index is 2.65. The van der Waals surface area contributed by atoms with Gasteiger partial charge < -0.3 is 4.90 Å². The van der Waals surface area contributed by atoms with Gasteiger partial charge in [0.25, 0.3) is 0 Å². The summed E-state index contributed by atoms with van der Waals surface area (Å²) in [5.74, 6) is 0. The molecule has 86 valence electrons. The van der Waals surface area contributed by atoms with Gasteiger partial charge in [0.1, 0.15) is 0 Å². The molecule has 0 saturated carbocycles. The van der Waals surface area contributed by atoms with Gasteiger partial charge >= 0.3 is 0 Å². The van der Waals surface area contributed by atoms with Crippen molar-refractivity contribution in [3.05, 3.63) is 35.7 Å². The largest absolute Gasteiger partial charge is 0.348 e. The zero-order valence-electron chi connectivity index (χ0n) is 9.74. The Morgan fingerprint density at radius 1 is 1.44 bits per heavy atom. The second kappa shape index (κ2) is 3.35. The SMILES string of the molecule is C=C1N(C)C2=CCC(=S(=O)=O)C=C2C1(C)C. The van der Waals surface area contributed by atoms with E-state index < -0.39 is 10.3 Å². The number of hydrogen-bond donors (Lipinski definition) is 0. The van der Waals surface area contributed by atoms with Crippen molar-refractivity contribution in [3.63, 3.8) is 0 Å². The first kappa shape index (κ1) is 11.2. The number of likely N-dealkylation sites (N-methyl/N-ethyl adjacent to an activating group) is 1. The summed E-state index contributed by atoms with van der Waals surface area (Å²) >= 11 is 0. The lowest BCUT2D eigenvalue weighted by Gasteiger charge is -2.21. The summed E-state index contributed by atoms with van der Waals surface area (Å²) in [4.78, 5) is 2.49. The fraction of sp³-hybridized carbons (Fsp3) is 0.417. The molecule has 1 fully saturated rings. The summed E-state index contributed by atoms with van der Waals surface area (Å²) in [6.45, 7) is 8.19. The maximum absolute atomic E-state index is 11.0. The Bertz CT molecular complexity index is 554. The minimum absolute atomic E-state index is 0.189. The molecule has 1 heterocycles. The molecule has 1 aliphatic carbocycles. The first-order chi connectivity index (χ1) is 7.35. The van der Waals surface area contributed by atoms with Crippen molar-refractivity contribution in [1.29, 1.82) is 0 Å². The van der Waals surface area contributed by atoms with Gasteiger partial charge in [0, 0.05) is 30.3 Å². The number of rotatable bonds is 0. The number of nitrogens with zero attached hydrogens (tertiary/aromatic N) is 1. The van der Waals surface area contributed by atoms with Crippen molar-refractivity contribution >= 4 is 15.2 Å². The van der Waals surface area contributed by atoms with E-state index in [4.69, 9.17) is 0 Å². The lowest BCUT2D eigenvalue weighted by molar-refractivity contribution is 0.471. The summed E-state index contributed by atoms with van der Waals surface area (Å²) in [5.41, 5.74) is 2.95. The number of allylic oxidation sites excluding steroid dienone is 4. The van der Waals surface area contributed by atoms with E-state index in [1.54, 1.807) is 6.08 Å². The first-order valence-corrected chi connectivity index (χ1v) is 6.24. The van der Waals surface area contributed by atoms with E-state index in [0.29, 0.717) is 11.3 Å². The molecule has 2 rings (SSSR count). The van der Waals surface area contributed by atoms with E-state index in [9.17, 15) is 8.42 Å². The van der Waals surface area contributed by atoms with E-state index in [2.05, 4.69) is 20.4 Å². The Kier molecular flexibility index (Phi) is 2.35. The molecule has 0 aromatic carbocycles. The number of hydrogen-bond acceptors (Lipinski definition) is 3. The third kappa shape index (κ3) is 1.37. The van der Waals surface area contributed by atoms with Gasteiger partial charge in [-0.2, -0.15) is 8.42 Å². The molecule has 4 heteroatoms. The van der Waals surface area contributed by atoms with Crippen LogP contribution in [0.15, 0.2) is 35.7 Å². The molecule has 0 amide bonds. The van der Waals surface area contributed by atoms with Gasteiger partial charge in [-0.05, 0) is 11.6 Å². The Morgan fingerprint density at radius 3 is 2.62 bits per heavy atom. The monoisotopic (exact) mass is 237 g/mol. The molecule has 0 spiro atoms. The highest BCUT2D eigenvalue weighted by atomic mass is 32.2. The highest BCUT2D eigenvalue weighted by molar-refractivity contribution is 7.73. The third-order valence-corrected chi connectivity index (χ3v) is 4.17. The van der Waals surface area contributed by atoms with Crippen LogP contribution in [0.2, 0.25) is 0 Å². The summed E-state index contributed by atoms with van der Waals surface area (Å²) in [5, 5.41) is 0. The van der Waals surface area contributed by atoms with Crippen molar-refractivity contribution < 1.29 is 8.42 Å². The molecule has 3 nitrogen and oxygen atoms in total. The highest BCUT2D eigenvalue weighted by Crippen LogP contribution is 2.49. The van der Waals surface area contributed by atoms with Crippen LogP contribution in [0.3, 0.4) is 0 Å². The second-order valence-corrected chi connectivity index (χ2v) is 5.68. The van der Waals surface area contributed by atoms with Crippen molar-refractivity contribution in [2.75, 3.05) is 7.05 Å². The predicted octanol–water partition coefficient (Wildman–Crippen LogP) is 1.74. The molecule has 1 aliphatic heterocycles. The van der Waals surface area contributed by atoms with Crippen LogP contribution < -0.4 is 0 Å². The van der Waals surface area contributed by atoms with Gasteiger partial charge in [0.2, 0.25) is 10.3 Å². The quantitative estimate of drug-likeness (QED) is 0.602. The van der Waals surface area contributed by atoms with Crippen LogP contribution in [-0.2, 0) is 10.3 Å². The van der Waals surface area contributed by atoms with Crippen molar-refractivity contribution in [1.82, 2.24) is 4.90 Å². The highest BCUT2D eigenvalue weighted by Gasteiger charge is 2.41. The average molecular weight is 237 g/mol. The normalized spacial score (nSPS) is 22.8. The second-order valence-electron chi connectivity index (χ2n) is 4.68. The van der Waals surface area contributed by atoms with E-state index in [-0.39, 0.29) is 5.41 Å². The lowest BCUT2D eigenvalue weighted by Crippen LogP contribution is -2.15. The van der Waals surface area contributed by atoms with Crippen LogP contribution in [0.4, 0.5) is 0 Å². The van der Waals surface area contributed by atoms with Crippen LogP contribution in [0, 0.1) is 5.41 Å². The molecule has 16 heavy (non-hydrogen) atoms. The Hall–Kier alpha value is -1.29. The molecule has 0 aromatic heterocycles. The molecule has 0 N–H and O–H groups in total. The smallest absolute Gasteiger partial charge is 0.217 e. The van der Waals surface area contributed by atoms with E-state index in [1.165, 1.54) is 0 Å². The molecule has 0 aromatic rings. The number of fused-ring (bicyclic) bond motifs is 1. The summed E-state index contributed by atoms with van der Waals surface area (Å²) in [6.07, 6.45) is 4.22. The summed E-state index contributed by atoms with van der Waals surface area (Å²) < 4.78 is 21.9. The molecule has 2 aliphatic rings. The maximum atomic E-state index is 11.0. The van der Waals surface area contributed by atoms with E-state index >= 15 is 0 Å². The topological polar surface area (TPSA) is 37.4 Å². The van der Waals surface area contributed by atoms with Crippen molar-refractivity contribution in [2.24, 2.45) is 5.41 Å². The predicted molar refractivity (Wildman–Crippen MR) is 65.4 cm³/mol. The zero-order valence-corrected chi connectivity index (χ0v) is 10.6. The average Bonchev–Trinajstić information content (AvgIpc) is 2.40. The van der Waals surface area contributed by atoms with Crippen LogP contribution in [0.25, 0.3) is 0 Å². The Morgan fingerprint density at radius 2 is 2.06 bits per heavy atom. The van der Waals surface area contributed by atoms with E-state index in [0.717, 1.165) is 17.0 Å². The van der Waals surface area contributed by atoms with Crippen LogP contribution in [-0.4, -0.2) is 25.2 Å². The fourth-order valence-corrected chi connectivity index (χ4v) is 2.69. The fourth-order valence-electron chi connectivity index (χ4n) is 2.26. The Labute approximate surface area is 97.3 Å². The molecular formula is C12H15NO2S. The molecule has 0 bridgehead atoms. The standard InChI is InChI=1S/C12H15NO2S/c1-8-12(2,3)10-7-9(16(14)15)5-6-11(10)13(8)4/h6-7H,1,5H2,2-4H3. The van der Waals surface area contributed by atoms with Gasteiger partial charge in [-0.15, -0.1) is 0 Å². The van der Waals surface area contributed by atoms with Gasteiger partial charge in [0.05, 0.1) is 4.86 Å². The van der Waals surface area contributed by atoms with Gasteiger partial charge in [-0.1, -0.05) is 26.5 Å². The minimum atomic E-state index is -2.12. The molecule has 0 atom stereocenters. The summed E-state index contributed by atoms with van der Waals surface area (Å²) in [7, 11) is -0.151.